The van der Waals surface area contributed by atoms with E-state index in [9.17, 15) is 14.4 Å². The average molecular weight is 378 g/mol. The summed E-state index contributed by atoms with van der Waals surface area (Å²) in [6.07, 6.45) is 0. The van der Waals surface area contributed by atoms with E-state index in [0.717, 1.165) is 4.90 Å². The molecule has 0 fully saturated rings. The SMILES string of the molecule is O=C(Oc1cccc(Cl)c1)c1cccc(N2C(=O)c3ccccc3C2=O)c1. The number of carbonyl (C=O) groups excluding carboxylic acids is 3. The summed E-state index contributed by atoms with van der Waals surface area (Å²) in [4.78, 5) is 38.7. The zero-order valence-electron chi connectivity index (χ0n) is 13.9. The molecule has 0 N–H and O–H groups in total. The Hall–Kier alpha value is -3.44. The molecular weight excluding hydrogens is 366 g/mol. The lowest BCUT2D eigenvalue weighted by atomic mass is 10.1. The first-order chi connectivity index (χ1) is 13.0. The second-order valence-electron chi connectivity index (χ2n) is 5.89. The van der Waals surface area contributed by atoms with Gasteiger partial charge in [-0.3, -0.25) is 9.59 Å². The van der Waals surface area contributed by atoms with Gasteiger partial charge in [-0.05, 0) is 48.5 Å². The monoisotopic (exact) mass is 377 g/mol. The normalized spacial score (nSPS) is 12.9. The highest BCUT2D eigenvalue weighted by Crippen LogP contribution is 2.29. The van der Waals surface area contributed by atoms with Crippen LogP contribution in [0, 0.1) is 0 Å². The van der Waals surface area contributed by atoms with Crippen molar-refractivity contribution in [2.45, 2.75) is 0 Å². The van der Waals surface area contributed by atoms with Gasteiger partial charge in [0, 0.05) is 5.02 Å². The third-order valence-corrected chi connectivity index (χ3v) is 4.38. The van der Waals surface area contributed by atoms with Crippen LogP contribution in [0.3, 0.4) is 0 Å². The van der Waals surface area contributed by atoms with Crippen molar-refractivity contribution in [3.05, 3.63) is 94.5 Å². The molecule has 132 valence electrons. The highest BCUT2D eigenvalue weighted by Gasteiger charge is 2.36. The standard InChI is InChI=1S/C21H12ClNO4/c22-14-6-4-8-16(12-14)27-21(26)13-5-3-7-15(11-13)23-19(24)17-9-1-2-10-18(17)20(23)25/h1-12H. The van der Waals surface area contributed by atoms with E-state index in [1.807, 2.05) is 0 Å². The molecule has 0 spiro atoms. The molecule has 6 heteroatoms. The third-order valence-electron chi connectivity index (χ3n) is 4.14. The topological polar surface area (TPSA) is 63.7 Å². The minimum atomic E-state index is -0.615. The average Bonchev–Trinajstić information content (AvgIpc) is 2.93. The first kappa shape index (κ1) is 17.0. The van der Waals surface area contributed by atoms with Crippen molar-refractivity contribution in [1.82, 2.24) is 0 Å². The number of hydrogen-bond donors (Lipinski definition) is 0. The van der Waals surface area contributed by atoms with E-state index in [0.29, 0.717) is 27.6 Å². The molecule has 5 nitrogen and oxygen atoms in total. The van der Waals surface area contributed by atoms with Crippen molar-refractivity contribution in [2.24, 2.45) is 0 Å². The molecule has 2 amide bonds. The van der Waals surface area contributed by atoms with E-state index in [1.165, 1.54) is 12.1 Å². The summed E-state index contributed by atoms with van der Waals surface area (Å²) in [5, 5.41) is 0.445. The van der Waals surface area contributed by atoms with E-state index < -0.39 is 17.8 Å². The lowest BCUT2D eigenvalue weighted by Crippen LogP contribution is -2.29. The number of carbonyl (C=O) groups is 3. The predicted molar refractivity (Wildman–Crippen MR) is 100 cm³/mol. The number of nitrogens with zero attached hydrogens (tertiary/aromatic N) is 1. The number of fused-ring (bicyclic) bond motifs is 1. The molecule has 1 aliphatic rings. The van der Waals surface area contributed by atoms with Crippen LogP contribution in [0.1, 0.15) is 31.1 Å². The Morgan fingerprint density at radius 2 is 1.48 bits per heavy atom. The summed E-state index contributed by atoms with van der Waals surface area (Å²) < 4.78 is 5.30. The smallest absolute Gasteiger partial charge is 0.343 e. The van der Waals surface area contributed by atoms with Gasteiger partial charge in [-0.1, -0.05) is 35.9 Å². The van der Waals surface area contributed by atoms with Crippen molar-refractivity contribution in [3.8, 4) is 5.75 Å². The lowest BCUT2D eigenvalue weighted by Gasteiger charge is -2.14. The number of benzene rings is 3. The molecule has 27 heavy (non-hydrogen) atoms. The van der Waals surface area contributed by atoms with Crippen LogP contribution in [0.4, 0.5) is 5.69 Å². The molecule has 0 aliphatic carbocycles. The molecular formula is C21H12ClNO4. The number of halogens is 1. The third kappa shape index (κ3) is 3.09. The fraction of sp³-hybridized carbons (Fsp3) is 0. The molecule has 1 heterocycles. The number of anilines is 1. The van der Waals surface area contributed by atoms with E-state index in [1.54, 1.807) is 60.7 Å². The largest absolute Gasteiger partial charge is 0.423 e. The lowest BCUT2D eigenvalue weighted by molar-refractivity contribution is 0.0733. The number of rotatable bonds is 3. The van der Waals surface area contributed by atoms with Crippen molar-refractivity contribution < 1.29 is 19.1 Å². The maximum absolute atomic E-state index is 12.6. The molecule has 1 aliphatic heterocycles. The molecule has 0 unspecified atom stereocenters. The first-order valence-corrected chi connectivity index (χ1v) is 8.48. The fourth-order valence-electron chi connectivity index (χ4n) is 2.89. The Kier molecular flexibility index (Phi) is 4.22. The van der Waals surface area contributed by atoms with Crippen LogP contribution in [0.2, 0.25) is 5.02 Å². The molecule has 0 aromatic heterocycles. The molecule has 0 bridgehead atoms. The van der Waals surface area contributed by atoms with Crippen LogP contribution in [-0.2, 0) is 0 Å². The summed E-state index contributed by atoms with van der Waals surface area (Å²) in [6.45, 7) is 0. The van der Waals surface area contributed by atoms with Crippen molar-refractivity contribution >= 4 is 35.1 Å². The van der Waals surface area contributed by atoms with Gasteiger partial charge in [0.15, 0.2) is 0 Å². The zero-order valence-corrected chi connectivity index (χ0v) is 14.6. The van der Waals surface area contributed by atoms with Crippen LogP contribution >= 0.6 is 11.6 Å². The van der Waals surface area contributed by atoms with Gasteiger partial charge < -0.3 is 4.74 Å². The maximum Gasteiger partial charge on any atom is 0.343 e. The second kappa shape index (κ2) is 6.70. The van der Waals surface area contributed by atoms with Gasteiger partial charge >= 0.3 is 5.97 Å². The molecule has 0 saturated carbocycles. The summed E-state index contributed by atoms with van der Waals surface area (Å²) in [7, 11) is 0. The number of hydrogen-bond acceptors (Lipinski definition) is 4. The number of imide groups is 1. The molecule has 3 aromatic carbocycles. The van der Waals surface area contributed by atoms with Crippen LogP contribution in [0.15, 0.2) is 72.8 Å². The minimum Gasteiger partial charge on any atom is -0.423 e. The Labute approximate surface area is 159 Å². The number of esters is 1. The Morgan fingerprint density at radius 1 is 0.815 bits per heavy atom. The Bertz CT molecular complexity index is 1060. The van der Waals surface area contributed by atoms with Gasteiger partial charge in [-0.15, -0.1) is 0 Å². The van der Waals surface area contributed by atoms with Crippen LogP contribution in [-0.4, -0.2) is 17.8 Å². The van der Waals surface area contributed by atoms with Crippen molar-refractivity contribution in [3.63, 3.8) is 0 Å². The molecule has 3 aromatic rings. The van der Waals surface area contributed by atoms with Crippen LogP contribution in [0.25, 0.3) is 0 Å². The van der Waals surface area contributed by atoms with E-state index in [2.05, 4.69) is 0 Å². The summed E-state index contributed by atoms with van der Waals surface area (Å²) in [6, 6.07) is 19.3. The highest BCUT2D eigenvalue weighted by molar-refractivity contribution is 6.34. The van der Waals surface area contributed by atoms with Gasteiger partial charge in [-0.25, -0.2) is 9.69 Å². The molecule has 0 radical (unpaired) electrons. The summed E-state index contributed by atoms with van der Waals surface area (Å²) in [5.41, 5.74) is 1.20. The van der Waals surface area contributed by atoms with Gasteiger partial charge in [0.05, 0.1) is 22.4 Å². The van der Waals surface area contributed by atoms with E-state index in [4.69, 9.17) is 16.3 Å². The quantitative estimate of drug-likeness (QED) is 0.386. The fourth-order valence-corrected chi connectivity index (χ4v) is 3.07. The van der Waals surface area contributed by atoms with Gasteiger partial charge in [0.25, 0.3) is 11.8 Å². The summed E-state index contributed by atoms with van der Waals surface area (Å²) >= 11 is 5.89. The first-order valence-electron chi connectivity index (χ1n) is 8.10. The second-order valence-corrected chi connectivity index (χ2v) is 6.32. The van der Waals surface area contributed by atoms with E-state index >= 15 is 0 Å². The highest BCUT2D eigenvalue weighted by atomic mass is 35.5. The van der Waals surface area contributed by atoms with Gasteiger partial charge in [0.2, 0.25) is 0 Å². The van der Waals surface area contributed by atoms with Crippen molar-refractivity contribution in [1.29, 1.82) is 0 Å². The molecule has 4 rings (SSSR count). The predicted octanol–water partition coefficient (Wildman–Crippen LogP) is 4.36. The Balaban J connectivity index is 1.63. The molecule has 0 saturated heterocycles. The van der Waals surface area contributed by atoms with Crippen LogP contribution < -0.4 is 9.64 Å². The number of ether oxygens (including phenoxy) is 1. The van der Waals surface area contributed by atoms with Gasteiger partial charge in [0.1, 0.15) is 5.75 Å². The van der Waals surface area contributed by atoms with Crippen LogP contribution in [0.5, 0.6) is 5.75 Å². The zero-order chi connectivity index (χ0) is 19.0. The van der Waals surface area contributed by atoms with E-state index in [-0.39, 0.29) is 5.56 Å². The maximum atomic E-state index is 12.6. The minimum absolute atomic E-state index is 0.212. The van der Waals surface area contributed by atoms with Gasteiger partial charge in [-0.2, -0.15) is 0 Å². The summed E-state index contributed by atoms with van der Waals surface area (Å²) in [5.74, 6) is -1.15. The Morgan fingerprint density at radius 3 is 2.15 bits per heavy atom. The van der Waals surface area contributed by atoms with Crippen molar-refractivity contribution in [2.75, 3.05) is 4.90 Å². The number of amides is 2. The molecule has 0 atom stereocenters.